The normalized spacial score (nSPS) is 18.9. The zero-order chi connectivity index (χ0) is 20.0. The highest BCUT2D eigenvalue weighted by atomic mass is 16.6. The van der Waals surface area contributed by atoms with Gasteiger partial charge in [0.15, 0.2) is 0 Å². The van der Waals surface area contributed by atoms with Crippen LogP contribution in [0.3, 0.4) is 0 Å². The molecular formula is C21H29NO5. The average molecular weight is 375 g/mol. The summed E-state index contributed by atoms with van der Waals surface area (Å²) < 4.78 is 10.4. The zero-order valence-electron chi connectivity index (χ0n) is 16.5. The van der Waals surface area contributed by atoms with Crippen molar-refractivity contribution in [2.24, 2.45) is 0 Å². The molecular weight excluding hydrogens is 346 g/mol. The molecule has 2 atom stereocenters. The third-order valence-corrected chi connectivity index (χ3v) is 4.15. The number of hydrogen-bond acceptors (Lipinski definition) is 5. The van der Waals surface area contributed by atoms with E-state index in [1.54, 1.807) is 40.0 Å². The first kappa shape index (κ1) is 21.1. The van der Waals surface area contributed by atoms with Gasteiger partial charge in [-0.2, -0.15) is 0 Å². The number of carbonyl (C=O) groups excluding carboxylic acids is 2. The van der Waals surface area contributed by atoms with Crippen LogP contribution in [0.5, 0.6) is 0 Å². The van der Waals surface area contributed by atoms with Gasteiger partial charge in [-0.3, -0.25) is 4.79 Å². The van der Waals surface area contributed by atoms with Crippen LogP contribution in [0, 0.1) is 0 Å². The van der Waals surface area contributed by atoms with E-state index in [0.717, 1.165) is 16.0 Å². The van der Waals surface area contributed by atoms with Crippen LogP contribution >= 0.6 is 0 Å². The van der Waals surface area contributed by atoms with Crippen LogP contribution < -0.4 is 0 Å². The number of ether oxygens (including phenoxy) is 2. The van der Waals surface area contributed by atoms with Gasteiger partial charge in [-0.1, -0.05) is 36.4 Å². The van der Waals surface area contributed by atoms with Gasteiger partial charge >= 0.3 is 6.09 Å². The van der Waals surface area contributed by atoms with Crippen molar-refractivity contribution in [3.05, 3.63) is 47.5 Å². The van der Waals surface area contributed by atoms with E-state index in [2.05, 4.69) is 0 Å². The van der Waals surface area contributed by atoms with Crippen molar-refractivity contribution in [1.82, 2.24) is 4.90 Å². The number of benzene rings is 1. The molecule has 1 fully saturated rings. The molecule has 1 heterocycles. The quantitative estimate of drug-likeness (QED) is 0.773. The van der Waals surface area contributed by atoms with Crippen LogP contribution in [0.2, 0.25) is 0 Å². The van der Waals surface area contributed by atoms with E-state index in [-0.39, 0.29) is 11.9 Å². The van der Waals surface area contributed by atoms with E-state index in [1.807, 2.05) is 24.3 Å². The van der Waals surface area contributed by atoms with Crippen molar-refractivity contribution in [2.75, 3.05) is 7.11 Å². The van der Waals surface area contributed by atoms with Crippen molar-refractivity contribution in [3.63, 3.8) is 0 Å². The summed E-state index contributed by atoms with van der Waals surface area (Å²) in [6.45, 7) is 5.81. The van der Waals surface area contributed by atoms with Crippen LogP contribution in [-0.4, -0.2) is 46.9 Å². The predicted octanol–water partition coefficient (Wildman–Crippen LogP) is 3.22. The molecule has 2 rings (SSSR count). The summed E-state index contributed by atoms with van der Waals surface area (Å²) in [6.07, 6.45) is 3.29. The van der Waals surface area contributed by atoms with Crippen molar-refractivity contribution in [3.8, 4) is 0 Å². The maximum absolute atomic E-state index is 12.3. The minimum absolute atomic E-state index is 0.249. The molecule has 1 saturated heterocycles. The molecule has 6 heteroatoms. The molecule has 0 aromatic heterocycles. The molecule has 2 amide bonds. The molecule has 0 unspecified atom stereocenters. The number of rotatable bonds is 6. The summed E-state index contributed by atoms with van der Waals surface area (Å²) in [5, 5.41) is 10.3. The van der Waals surface area contributed by atoms with Crippen LogP contribution in [-0.2, 0) is 27.3 Å². The minimum Gasteiger partial charge on any atom is -0.443 e. The van der Waals surface area contributed by atoms with E-state index in [9.17, 15) is 14.7 Å². The average Bonchev–Trinajstić information content (AvgIpc) is 2.93. The summed E-state index contributed by atoms with van der Waals surface area (Å²) in [6, 6.07) is 7.45. The number of imide groups is 1. The Morgan fingerprint density at radius 3 is 2.74 bits per heavy atom. The van der Waals surface area contributed by atoms with Gasteiger partial charge in [-0.25, -0.2) is 9.69 Å². The van der Waals surface area contributed by atoms with Crippen LogP contribution in [0.15, 0.2) is 36.4 Å². The molecule has 0 radical (unpaired) electrons. The second-order valence-electron chi connectivity index (χ2n) is 7.76. The van der Waals surface area contributed by atoms with Gasteiger partial charge in [0, 0.05) is 20.0 Å². The Hall–Kier alpha value is -2.18. The SMILES string of the molecule is COCc1cccc(C[C@H](O)/C=C/[C@H]2CCC(=O)N2C(=O)OC(C)(C)C)c1. The molecule has 1 N–H and O–H groups in total. The van der Waals surface area contributed by atoms with E-state index < -0.39 is 17.8 Å². The Kier molecular flexibility index (Phi) is 7.16. The van der Waals surface area contributed by atoms with Gasteiger partial charge < -0.3 is 14.6 Å². The first-order valence-electron chi connectivity index (χ1n) is 9.18. The molecule has 1 aliphatic rings. The van der Waals surface area contributed by atoms with E-state index >= 15 is 0 Å². The zero-order valence-corrected chi connectivity index (χ0v) is 16.5. The third-order valence-electron chi connectivity index (χ3n) is 4.15. The maximum atomic E-state index is 12.3. The highest BCUT2D eigenvalue weighted by molar-refractivity contribution is 5.94. The Morgan fingerprint density at radius 1 is 1.37 bits per heavy atom. The number of hydrogen-bond donors (Lipinski definition) is 1. The van der Waals surface area contributed by atoms with Gasteiger partial charge in [0.2, 0.25) is 5.91 Å². The van der Waals surface area contributed by atoms with Gasteiger partial charge in [-0.15, -0.1) is 0 Å². The monoisotopic (exact) mass is 375 g/mol. The molecule has 0 bridgehead atoms. The Morgan fingerprint density at radius 2 is 2.07 bits per heavy atom. The van der Waals surface area contributed by atoms with Crippen molar-refractivity contribution < 1.29 is 24.2 Å². The first-order valence-corrected chi connectivity index (χ1v) is 9.18. The highest BCUT2D eigenvalue weighted by Gasteiger charge is 2.37. The summed E-state index contributed by atoms with van der Waals surface area (Å²) in [5.74, 6) is -0.249. The van der Waals surface area contributed by atoms with Crippen LogP contribution in [0.1, 0.15) is 44.7 Å². The molecule has 1 aliphatic heterocycles. The van der Waals surface area contributed by atoms with E-state index in [0.29, 0.717) is 25.9 Å². The summed E-state index contributed by atoms with van der Waals surface area (Å²) in [4.78, 5) is 25.5. The number of carbonyl (C=O) groups is 2. The summed E-state index contributed by atoms with van der Waals surface area (Å²) in [7, 11) is 1.64. The van der Waals surface area contributed by atoms with Crippen LogP contribution in [0.25, 0.3) is 0 Å². The minimum atomic E-state index is -0.709. The molecule has 1 aromatic rings. The number of aliphatic hydroxyl groups is 1. The molecule has 6 nitrogen and oxygen atoms in total. The number of aliphatic hydroxyl groups excluding tert-OH is 1. The maximum Gasteiger partial charge on any atom is 0.417 e. The standard InChI is InChI=1S/C21H29NO5/c1-21(2,3)27-20(25)22-17(9-11-19(22)24)8-10-18(23)13-15-6-5-7-16(12-15)14-26-4/h5-8,10,12,17-18,23H,9,11,13-14H2,1-4H3/b10-8+/t17-,18+/m0/s1. The van der Waals surface area contributed by atoms with Gasteiger partial charge in [0.1, 0.15) is 5.60 Å². The lowest BCUT2D eigenvalue weighted by Crippen LogP contribution is -2.41. The number of methoxy groups -OCH3 is 1. The van der Waals surface area contributed by atoms with Gasteiger partial charge in [-0.05, 0) is 38.3 Å². The van der Waals surface area contributed by atoms with Crippen molar-refractivity contribution >= 4 is 12.0 Å². The second-order valence-corrected chi connectivity index (χ2v) is 7.76. The Bertz CT molecular complexity index is 692. The Balaban J connectivity index is 1.99. The first-order chi connectivity index (χ1) is 12.7. The third kappa shape index (κ3) is 6.48. The van der Waals surface area contributed by atoms with Crippen molar-refractivity contribution in [1.29, 1.82) is 0 Å². The predicted molar refractivity (Wildman–Crippen MR) is 102 cm³/mol. The molecule has 0 spiro atoms. The molecule has 0 saturated carbocycles. The van der Waals surface area contributed by atoms with Gasteiger partial charge in [0.25, 0.3) is 0 Å². The highest BCUT2D eigenvalue weighted by Crippen LogP contribution is 2.23. The fourth-order valence-corrected chi connectivity index (χ4v) is 3.02. The topological polar surface area (TPSA) is 76.1 Å². The fourth-order valence-electron chi connectivity index (χ4n) is 3.02. The number of nitrogens with zero attached hydrogens (tertiary/aromatic N) is 1. The van der Waals surface area contributed by atoms with Crippen LogP contribution in [0.4, 0.5) is 4.79 Å². The number of amides is 2. The molecule has 0 aliphatic carbocycles. The molecule has 148 valence electrons. The summed E-state index contributed by atoms with van der Waals surface area (Å²) >= 11 is 0. The lowest BCUT2D eigenvalue weighted by atomic mass is 10.0. The fraction of sp³-hybridized carbons (Fsp3) is 0.524. The van der Waals surface area contributed by atoms with E-state index in [1.165, 1.54) is 0 Å². The molecule has 1 aromatic carbocycles. The summed E-state index contributed by atoms with van der Waals surface area (Å²) in [5.41, 5.74) is 1.37. The van der Waals surface area contributed by atoms with Crippen molar-refractivity contribution in [2.45, 2.75) is 64.4 Å². The Labute approximate surface area is 160 Å². The lowest BCUT2D eigenvalue weighted by molar-refractivity contribution is -0.127. The second kappa shape index (κ2) is 9.15. The number of likely N-dealkylation sites (tertiary alicyclic amines) is 1. The largest absolute Gasteiger partial charge is 0.443 e. The lowest BCUT2D eigenvalue weighted by Gasteiger charge is -2.26. The molecule has 27 heavy (non-hydrogen) atoms. The van der Waals surface area contributed by atoms with E-state index in [4.69, 9.17) is 9.47 Å². The smallest absolute Gasteiger partial charge is 0.417 e. The van der Waals surface area contributed by atoms with Gasteiger partial charge in [0.05, 0.1) is 18.8 Å².